The van der Waals surface area contributed by atoms with Gasteiger partial charge in [-0.1, -0.05) is 6.07 Å². The fraction of sp³-hybridized carbons (Fsp3) is 0.0833. The number of hydrogen-bond acceptors (Lipinski definition) is 4. The zero-order chi connectivity index (χ0) is 12.5. The van der Waals surface area contributed by atoms with Crippen molar-refractivity contribution in [1.29, 1.82) is 0 Å². The maximum absolute atomic E-state index is 10.6. The van der Waals surface area contributed by atoms with Crippen molar-refractivity contribution in [3.05, 3.63) is 36.6 Å². The van der Waals surface area contributed by atoms with Crippen LogP contribution in [0.4, 0.5) is 0 Å². The predicted octanol–water partition coefficient (Wildman–Crippen LogP) is 1.84. The zero-order valence-electron chi connectivity index (χ0n) is 9.25. The third-order valence-electron chi connectivity index (χ3n) is 2.59. The number of hydrogen-bond donors (Lipinski definition) is 2. The van der Waals surface area contributed by atoms with Crippen LogP contribution in [0, 0.1) is 0 Å². The minimum absolute atomic E-state index is 0.120. The van der Waals surface area contributed by atoms with Gasteiger partial charge >= 0.3 is 5.97 Å². The molecule has 0 aliphatic heterocycles. The molecule has 0 atom stereocenters. The van der Waals surface area contributed by atoms with Crippen LogP contribution in [0.25, 0.3) is 22.4 Å². The molecule has 0 bridgehead atoms. The van der Waals surface area contributed by atoms with Crippen LogP contribution in [0.15, 0.2) is 35.2 Å². The van der Waals surface area contributed by atoms with Gasteiger partial charge in [-0.3, -0.25) is 4.79 Å². The van der Waals surface area contributed by atoms with Gasteiger partial charge in [-0.2, -0.15) is 0 Å². The van der Waals surface area contributed by atoms with E-state index >= 15 is 0 Å². The third kappa shape index (κ3) is 1.84. The van der Waals surface area contributed by atoms with Crippen molar-refractivity contribution in [3.8, 4) is 11.3 Å². The lowest BCUT2D eigenvalue weighted by Crippen LogP contribution is -2.01. The number of aromatic nitrogens is 3. The molecule has 0 saturated carbocycles. The number of benzene rings is 1. The summed E-state index contributed by atoms with van der Waals surface area (Å²) in [6.45, 7) is 0. The highest BCUT2D eigenvalue weighted by molar-refractivity contribution is 5.79. The molecule has 6 heteroatoms. The van der Waals surface area contributed by atoms with Crippen LogP contribution >= 0.6 is 0 Å². The number of nitrogens with zero attached hydrogens (tertiary/aromatic N) is 2. The van der Waals surface area contributed by atoms with Crippen LogP contribution in [0.1, 0.15) is 5.82 Å². The second kappa shape index (κ2) is 3.99. The van der Waals surface area contributed by atoms with E-state index in [0.29, 0.717) is 11.4 Å². The Morgan fingerprint density at radius 3 is 3.11 bits per heavy atom. The summed E-state index contributed by atoms with van der Waals surface area (Å²) in [4.78, 5) is 21.6. The Morgan fingerprint density at radius 1 is 1.39 bits per heavy atom. The number of aliphatic carboxylic acids is 1. The van der Waals surface area contributed by atoms with Gasteiger partial charge in [0.15, 0.2) is 12.0 Å². The summed E-state index contributed by atoms with van der Waals surface area (Å²) < 4.78 is 5.21. The quantitative estimate of drug-likeness (QED) is 0.732. The van der Waals surface area contributed by atoms with E-state index in [0.717, 1.165) is 16.8 Å². The molecular weight excluding hydrogens is 234 g/mol. The first-order valence-electron chi connectivity index (χ1n) is 5.31. The lowest BCUT2D eigenvalue weighted by Gasteiger charge is -1.96. The Bertz CT molecular complexity index is 714. The Hall–Kier alpha value is -2.63. The maximum Gasteiger partial charge on any atom is 0.311 e. The Morgan fingerprint density at radius 2 is 2.28 bits per heavy atom. The van der Waals surface area contributed by atoms with Gasteiger partial charge in [-0.05, 0) is 12.1 Å². The summed E-state index contributed by atoms with van der Waals surface area (Å²) in [6.07, 6.45) is 2.87. The molecule has 2 heterocycles. The van der Waals surface area contributed by atoms with E-state index in [1.54, 1.807) is 6.20 Å². The SMILES string of the molecule is O=C(O)Cc1ncc(-c2ccc3ncoc3c2)[nH]1. The highest BCUT2D eigenvalue weighted by atomic mass is 16.4. The van der Waals surface area contributed by atoms with Crippen LogP contribution in [0.2, 0.25) is 0 Å². The molecule has 0 saturated heterocycles. The molecule has 0 radical (unpaired) electrons. The van der Waals surface area contributed by atoms with Crippen LogP contribution in [0.5, 0.6) is 0 Å². The minimum atomic E-state index is -0.915. The second-order valence-electron chi connectivity index (χ2n) is 3.85. The second-order valence-corrected chi connectivity index (χ2v) is 3.85. The van der Waals surface area contributed by atoms with Crippen molar-refractivity contribution in [2.45, 2.75) is 6.42 Å². The van der Waals surface area contributed by atoms with Crippen molar-refractivity contribution in [2.75, 3.05) is 0 Å². The fourth-order valence-electron chi connectivity index (χ4n) is 1.76. The smallest absolute Gasteiger partial charge is 0.311 e. The van der Waals surface area contributed by atoms with Crippen molar-refractivity contribution < 1.29 is 14.3 Å². The maximum atomic E-state index is 10.6. The zero-order valence-corrected chi connectivity index (χ0v) is 9.25. The fourth-order valence-corrected chi connectivity index (χ4v) is 1.76. The normalized spacial score (nSPS) is 10.9. The molecule has 18 heavy (non-hydrogen) atoms. The minimum Gasteiger partial charge on any atom is -0.481 e. The first-order chi connectivity index (χ1) is 8.72. The monoisotopic (exact) mass is 243 g/mol. The number of oxazole rings is 1. The molecule has 1 aromatic carbocycles. The van der Waals surface area contributed by atoms with Gasteiger partial charge in [0.05, 0.1) is 11.9 Å². The van der Waals surface area contributed by atoms with Crippen molar-refractivity contribution in [3.63, 3.8) is 0 Å². The van der Waals surface area contributed by atoms with E-state index in [9.17, 15) is 4.79 Å². The summed E-state index contributed by atoms with van der Waals surface area (Å²) in [6, 6.07) is 5.55. The standard InChI is InChI=1S/C12H9N3O3/c16-12(17)4-11-13-5-9(15-11)7-1-2-8-10(3-7)18-6-14-8/h1-3,5-6H,4H2,(H,13,15)(H,16,17). The van der Waals surface area contributed by atoms with Crippen molar-refractivity contribution in [2.24, 2.45) is 0 Å². The van der Waals surface area contributed by atoms with Gasteiger partial charge in [0.25, 0.3) is 0 Å². The molecule has 2 N–H and O–H groups in total. The van der Waals surface area contributed by atoms with Gasteiger partial charge in [0.2, 0.25) is 0 Å². The highest BCUT2D eigenvalue weighted by Gasteiger charge is 2.08. The molecule has 2 aromatic heterocycles. The lowest BCUT2D eigenvalue weighted by atomic mass is 10.1. The van der Waals surface area contributed by atoms with Gasteiger partial charge < -0.3 is 14.5 Å². The van der Waals surface area contributed by atoms with Crippen LogP contribution in [-0.2, 0) is 11.2 Å². The van der Waals surface area contributed by atoms with Crippen molar-refractivity contribution >= 4 is 17.1 Å². The molecule has 3 aromatic rings. The molecule has 0 fully saturated rings. The molecule has 0 unspecified atom stereocenters. The van der Waals surface area contributed by atoms with Crippen LogP contribution < -0.4 is 0 Å². The summed E-state index contributed by atoms with van der Waals surface area (Å²) in [5.41, 5.74) is 3.10. The number of imidazole rings is 1. The summed E-state index contributed by atoms with van der Waals surface area (Å²) >= 11 is 0. The topological polar surface area (TPSA) is 92.0 Å². The number of carboxylic acids is 1. The van der Waals surface area contributed by atoms with Gasteiger partial charge in [0.1, 0.15) is 17.8 Å². The largest absolute Gasteiger partial charge is 0.481 e. The van der Waals surface area contributed by atoms with E-state index in [4.69, 9.17) is 9.52 Å². The highest BCUT2D eigenvalue weighted by Crippen LogP contribution is 2.22. The first kappa shape index (κ1) is 10.5. The molecule has 3 rings (SSSR count). The van der Waals surface area contributed by atoms with Gasteiger partial charge in [-0.15, -0.1) is 0 Å². The molecule has 0 amide bonds. The Labute approximate surface area is 101 Å². The summed E-state index contributed by atoms with van der Waals surface area (Å²) in [5.74, 6) is -0.489. The van der Waals surface area contributed by atoms with Gasteiger partial charge in [0, 0.05) is 5.56 Å². The van der Waals surface area contributed by atoms with Gasteiger partial charge in [-0.25, -0.2) is 9.97 Å². The van der Waals surface area contributed by atoms with Crippen LogP contribution in [-0.4, -0.2) is 26.0 Å². The number of nitrogens with one attached hydrogen (secondary N) is 1. The van der Waals surface area contributed by atoms with Crippen LogP contribution in [0.3, 0.4) is 0 Å². The summed E-state index contributed by atoms with van der Waals surface area (Å²) in [5, 5.41) is 8.68. The molecular formula is C12H9N3O3. The van der Waals surface area contributed by atoms with E-state index in [1.807, 2.05) is 18.2 Å². The number of aromatic amines is 1. The predicted molar refractivity (Wildman–Crippen MR) is 62.9 cm³/mol. The Balaban J connectivity index is 1.97. The van der Waals surface area contributed by atoms with E-state index < -0.39 is 5.97 Å². The number of carbonyl (C=O) groups is 1. The number of rotatable bonds is 3. The molecule has 6 nitrogen and oxygen atoms in total. The van der Waals surface area contributed by atoms with Crippen molar-refractivity contribution in [1.82, 2.24) is 15.0 Å². The number of H-pyrrole nitrogens is 1. The average Bonchev–Trinajstić information content (AvgIpc) is 2.95. The molecule has 0 aliphatic carbocycles. The number of fused-ring (bicyclic) bond motifs is 1. The third-order valence-corrected chi connectivity index (χ3v) is 2.59. The van der Waals surface area contributed by atoms with E-state index in [1.165, 1.54) is 6.39 Å². The molecule has 0 aliphatic rings. The summed E-state index contributed by atoms with van der Waals surface area (Å²) in [7, 11) is 0. The number of carboxylic acid groups (broad SMARTS) is 1. The molecule has 90 valence electrons. The van der Waals surface area contributed by atoms with E-state index in [2.05, 4.69) is 15.0 Å². The van der Waals surface area contributed by atoms with E-state index in [-0.39, 0.29) is 6.42 Å². The average molecular weight is 243 g/mol. The first-order valence-corrected chi connectivity index (χ1v) is 5.31. The Kier molecular flexibility index (Phi) is 2.33. The lowest BCUT2D eigenvalue weighted by molar-refractivity contribution is -0.136. The molecule has 0 spiro atoms.